The lowest BCUT2D eigenvalue weighted by Gasteiger charge is -2.28. The van der Waals surface area contributed by atoms with Crippen molar-refractivity contribution < 1.29 is 9.15 Å². The third-order valence-electron chi connectivity index (χ3n) is 5.53. The molecule has 1 aliphatic rings. The van der Waals surface area contributed by atoms with E-state index in [1.165, 1.54) is 11.1 Å². The van der Waals surface area contributed by atoms with E-state index in [0.29, 0.717) is 17.8 Å². The Bertz CT molecular complexity index is 1030. The van der Waals surface area contributed by atoms with Crippen molar-refractivity contribution in [1.29, 1.82) is 0 Å². The van der Waals surface area contributed by atoms with Crippen LogP contribution in [0, 0.1) is 13.8 Å². The number of benzene rings is 2. The monoisotopic (exact) mass is 399 g/mol. The van der Waals surface area contributed by atoms with Gasteiger partial charge in [-0.05, 0) is 55.5 Å². The highest BCUT2D eigenvalue weighted by Gasteiger charge is 2.15. The molecule has 0 spiro atoms. The first-order valence-electron chi connectivity index (χ1n) is 9.58. The molecule has 0 unspecified atom stereocenters. The lowest BCUT2D eigenvalue weighted by atomic mass is 10.00. The zero-order chi connectivity index (χ0) is 18.8. The fourth-order valence-corrected chi connectivity index (χ4v) is 3.74. The van der Waals surface area contributed by atoms with E-state index < -0.39 is 0 Å². The maximum atomic E-state index is 11.9. The molecule has 0 radical (unpaired) electrons. The molecule has 0 saturated heterocycles. The van der Waals surface area contributed by atoms with Crippen molar-refractivity contribution in [1.82, 2.24) is 4.90 Å². The van der Waals surface area contributed by atoms with E-state index in [9.17, 15) is 4.79 Å². The number of aryl methyl sites for hydroxylation is 1. The van der Waals surface area contributed by atoms with Gasteiger partial charge in [-0.25, -0.2) is 4.79 Å². The van der Waals surface area contributed by atoms with Gasteiger partial charge in [-0.1, -0.05) is 24.3 Å². The lowest BCUT2D eigenvalue weighted by molar-refractivity contribution is 0.221. The van der Waals surface area contributed by atoms with Crippen LogP contribution in [-0.2, 0) is 13.0 Å². The second kappa shape index (κ2) is 8.80. The summed E-state index contributed by atoms with van der Waals surface area (Å²) in [6.07, 6.45) is 2.09. The molecule has 1 aliphatic heterocycles. The first kappa shape index (κ1) is 20.4. The molecule has 0 aliphatic carbocycles. The van der Waals surface area contributed by atoms with Gasteiger partial charge in [0.1, 0.15) is 11.3 Å². The molecule has 4 nitrogen and oxygen atoms in total. The van der Waals surface area contributed by atoms with Crippen LogP contribution in [0.3, 0.4) is 0 Å². The first-order valence-corrected chi connectivity index (χ1v) is 9.58. The maximum Gasteiger partial charge on any atom is 0.339 e. The van der Waals surface area contributed by atoms with E-state index in [1.807, 2.05) is 25.1 Å². The minimum atomic E-state index is -0.275. The number of hydrogen-bond acceptors (Lipinski definition) is 4. The quantitative estimate of drug-likeness (QED) is 0.462. The second-order valence-electron chi connectivity index (χ2n) is 7.29. The van der Waals surface area contributed by atoms with Crippen molar-refractivity contribution in [3.8, 4) is 5.75 Å². The summed E-state index contributed by atoms with van der Waals surface area (Å²) in [6.45, 7) is 7.55. The lowest BCUT2D eigenvalue weighted by Crippen LogP contribution is -2.31. The van der Waals surface area contributed by atoms with Gasteiger partial charge in [0.2, 0.25) is 0 Å². The third-order valence-corrected chi connectivity index (χ3v) is 5.53. The Labute approximate surface area is 171 Å². The average molecular weight is 400 g/mol. The van der Waals surface area contributed by atoms with Crippen molar-refractivity contribution in [3.63, 3.8) is 0 Å². The van der Waals surface area contributed by atoms with Crippen molar-refractivity contribution in [2.24, 2.45) is 0 Å². The van der Waals surface area contributed by atoms with Crippen LogP contribution < -0.4 is 10.4 Å². The molecular weight excluding hydrogens is 374 g/mol. The molecule has 3 aromatic rings. The minimum absolute atomic E-state index is 0. The van der Waals surface area contributed by atoms with E-state index in [2.05, 4.69) is 29.2 Å². The zero-order valence-corrected chi connectivity index (χ0v) is 17.2. The van der Waals surface area contributed by atoms with E-state index in [-0.39, 0.29) is 18.0 Å². The van der Waals surface area contributed by atoms with Gasteiger partial charge < -0.3 is 9.15 Å². The van der Waals surface area contributed by atoms with Gasteiger partial charge in [0.25, 0.3) is 0 Å². The predicted octanol–water partition coefficient (Wildman–Crippen LogP) is 4.66. The van der Waals surface area contributed by atoms with E-state index in [4.69, 9.17) is 9.15 Å². The van der Waals surface area contributed by atoms with Crippen molar-refractivity contribution in [2.45, 2.75) is 33.2 Å². The smallest absolute Gasteiger partial charge is 0.339 e. The summed E-state index contributed by atoms with van der Waals surface area (Å²) in [5, 5.41) is 0.964. The molecule has 148 valence electrons. The van der Waals surface area contributed by atoms with Gasteiger partial charge in [0.15, 0.2) is 0 Å². The summed E-state index contributed by atoms with van der Waals surface area (Å²) >= 11 is 0. The first-order chi connectivity index (χ1) is 13.1. The van der Waals surface area contributed by atoms with Crippen LogP contribution in [-0.4, -0.2) is 24.6 Å². The summed E-state index contributed by atoms with van der Waals surface area (Å²) in [6, 6.07) is 14.4. The maximum absolute atomic E-state index is 11.9. The van der Waals surface area contributed by atoms with Crippen LogP contribution in [0.25, 0.3) is 11.0 Å². The van der Waals surface area contributed by atoms with Crippen molar-refractivity contribution >= 4 is 23.4 Å². The minimum Gasteiger partial charge on any atom is -0.493 e. The van der Waals surface area contributed by atoms with Crippen LogP contribution in [0.5, 0.6) is 5.75 Å². The average Bonchev–Trinajstić information content (AvgIpc) is 2.69. The fourth-order valence-electron chi connectivity index (χ4n) is 3.74. The molecule has 4 rings (SSSR count). The number of hydrogen-bond donors (Lipinski definition) is 0. The molecule has 0 fully saturated rings. The highest BCUT2D eigenvalue weighted by Crippen LogP contribution is 2.24. The van der Waals surface area contributed by atoms with Gasteiger partial charge in [0.05, 0.1) is 6.61 Å². The number of rotatable bonds is 5. The van der Waals surface area contributed by atoms with Gasteiger partial charge in [-0.15, -0.1) is 12.4 Å². The molecule has 0 bridgehead atoms. The van der Waals surface area contributed by atoms with Gasteiger partial charge in [-0.2, -0.15) is 0 Å². The Balaban J connectivity index is 0.00000225. The zero-order valence-electron chi connectivity index (χ0n) is 16.4. The normalized spacial score (nSPS) is 13.8. The molecule has 2 heterocycles. The van der Waals surface area contributed by atoms with Crippen LogP contribution in [0.15, 0.2) is 51.7 Å². The van der Waals surface area contributed by atoms with Crippen LogP contribution in [0.4, 0.5) is 0 Å². The number of halogens is 1. The second-order valence-corrected chi connectivity index (χ2v) is 7.29. The van der Waals surface area contributed by atoms with Gasteiger partial charge in [0, 0.05) is 36.7 Å². The van der Waals surface area contributed by atoms with E-state index in [0.717, 1.165) is 49.2 Å². The van der Waals surface area contributed by atoms with Gasteiger partial charge in [-0.3, -0.25) is 4.90 Å². The summed E-state index contributed by atoms with van der Waals surface area (Å²) in [4.78, 5) is 14.4. The highest BCUT2D eigenvalue weighted by atomic mass is 35.5. The number of fused-ring (bicyclic) bond motifs is 2. The predicted molar refractivity (Wildman–Crippen MR) is 115 cm³/mol. The molecule has 0 saturated carbocycles. The van der Waals surface area contributed by atoms with Crippen molar-refractivity contribution in [3.05, 3.63) is 75.1 Å². The standard InChI is InChI=1S/C23H25NO3.ClH/c1-16-17(2)23(25)27-22-14-20(8-9-21(16)22)26-13-5-11-24-12-10-18-6-3-4-7-19(18)15-24;/h3-4,6-9,14H,5,10-13,15H2,1-2H3;1H. The van der Waals surface area contributed by atoms with Crippen LogP contribution in [0.1, 0.15) is 28.7 Å². The van der Waals surface area contributed by atoms with Crippen molar-refractivity contribution in [2.75, 3.05) is 19.7 Å². The Kier molecular flexibility index (Phi) is 6.42. The van der Waals surface area contributed by atoms with Crippen LogP contribution >= 0.6 is 12.4 Å². The molecule has 0 amide bonds. The molecule has 1 aromatic heterocycles. The summed E-state index contributed by atoms with van der Waals surface area (Å²) in [5.74, 6) is 0.748. The Morgan fingerprint density at radius 1 is 1.07 bits per heavy atom. The molecule has 5 heteroatoms. The van der Waals surface area contributed by atoms with Crippen LogP contribution in [0.2, 0.25) is 0 Å². The SMILES string of the molecule is Cc1c(C)c2ccc(OCCCN3CCc4ccccc4C3)cc2oc1=O.Cl. The largest absolute Gasteiger partial charge is 0.493 e. The van der Waals surface area contributed by atoms with E-state index in [1.54, 1.807) is 6.92 Å². The number of ether oxygens (including phenoxy) is 1. The Morgan fingerprint density at radius 2 is 1.86 bits per heavy atom. The summed E-state index contributed by atoms with van der Waals surface area (Å²) in [7, 11) is 0. The highest BCUT2D eigenvalue weighted by molar-refractivity contribution is 5.85. The molecule has 0 N–H and O–H groups in total. The molecular formula is C23H26ClNO3. The third kappa shape index (κ3) is 4.23. The molecule has 0 atom stereocenters. The molecule has 2 aromatic carbocycles. The Morgan fingerprint density at radius 3 is 2.68 bits per heavy atom. The summed E-state index contributed by atoms with van der Waals surface area (Å²) in [5.41, 5.74) is 4.88. The Hall–Kier alpha value is -2.30. The molecule has 28 heavy (non-hydrogen) atoms. The van der Waals surface area contributed by atoms with Gasteiger partial charge >= 0.3 is 5.63 Å². The topological polar surface area (TPSA) is 42.7 Å². The number of nitrogens with zero attached hydrogens (tertiary/aromatic N) is 1. The fraction of sp³-hybridized carbons (Fsp3) is 0.348. The summed E-state index contributed by atoms with van der Waals surface area (Å²) < 4.78 is 11.3. The van der Waals surface area contributed by atoms with E-state index >= 15 is 0 Å².